The van der Waals surface area contributed by atoms with E-state index in [1.807, 2.05) is 41.9 Å². The Labute approximate surface area is 121 Å². The van der Waals surface area contributed by atoms with E-state index in [4.69, 9.17) is 4.74 Å². The highest BCUT2D eigenvalue weighted by molar-refractivity contribution is 5.92. The topological polar surface area (TPSA) is 37.7 Å². The van der Waals surface area contributed by atoms with Crippen LogP contribution in [0.2, 0.25) is 0 Å². The summed E-state index contributed by atoms with van der Waals surface area (Å²) in [5.74, 6) is 0.675. The number of rotatable bonds is 6. The Morgan fingerprint density at radius 3 is 3.00 bits per heavy atom. The largest absolute Gasteiger partial charge is 0.383 e. The summed E-state index contributed by atoms with van der Waals surface area (Å²) >= 11 is 0. The lowest BCUT2D eigenvalue weighted by atomic mass is 10.1. The minimum absolute atomic E-state index is 0.104. The van der Waals surface area contributed by atoms with E-state index in [0.717, 1.165) is 44.9 Å². The highest BCUT2D eigenvalue weighted by Gasteiger charge is 2.25. The van der Waals surface area contributed by atoms with Gasteiger partial charge in [-0.3, -0.25) is 4.79 Å². The molecule has 5 heteroatoms. The van der Waals surface area contributed by atoms with Crippen LogP contribution in [0.3, 0.4) is 0 Å². The molecule has 1 fully saturated rings. The molecule has 1 aromatic heterocycles. The van der Waals surface area contributed by atoms with E-state index in [0.29, 0.717) is 5.92 Å². The SMILES string of the molecule is COCCN1CC[C@H](CN(C)C(=O)c2cccn2C)C1. The average Bonchev–Trinajstić information content (AvgIpc) is 3.04. The lowest BCUT2D eigenvalue weighted by molar-refractivity contribution is 0.0762. The predicted molar refractivity (Wildman–Crippen MR) is 78.8 cm³/mol. The molecule has 1 aromatic rings. The van der Waals surface area contributed by atoms with Gasteiger partial charge >= 0.3 is 0 Å². The van der Waals surface area contributed by atoms with E-state index in [9.17, 15) is 4.79 Å². The van der Waals surface area contributed by atoms with Gasteiger partial charge in [-0.15, -0.1) is 0 Å². The maximum absolute atomic E-state index is 12.3. The zero-order valence-corrected chi connectivity index (χ0v) is 12.7. The molecule has 1 amide bonds. The van der Waals surface area contributed by atoms with Crippen LogP contribution in [-0.4, -0.2) is 67.2 Å². The molecule has 1 aliphatic rings. The standard InChI is InChI=1S/C15H25N3O2/c1-16-7-4-5-14(16)15(19)17(2)11-13-6-8-18(12-13)9-10-20-3/h4-5,7,13H,6,8-12H2,1-3H3/t13-/m1/s1. The van der Waals surface area contributed by atoms with Crippen molar-refractivity contribution < 1.29 is 9.53 Å². The second kappa shape index (κ2) is 6.90. The molecule has 0 saturated carbocycles. The van der Waals surface area contributed by atoms with E-state index >= 15 is 0 Å². The van der Waals surface area contributed by atoms with Gasteiger partial charge in [-0.2, -0.15) is 0 Å². The molecule has 0 unspecified atom stereocenters. The van der Waals surface area contributed by atoms with Gasteiger partial charge in [-0.25, -0.2) is 0 Å². The normalized spacial score (nSPS) is 19.4. The smallest absolute Gasteiger partial charge is 0.270 e. The molecule has 5 nitrogen and oxygen atoms in total. The third kappa shape index (κ3) is 3.61. The summed E-state index contributed by atoms with van der Waals surface area (Å²) in [6.45, 7) is 4.77. The van der Waals surface area contributed by atoms with E-state index in [2.05, 4.69) is 4.90 Å². The number of carbonyl (C=O) groups is 1. The van der Waals surface area contributed by atoms with Crippen molar-refractivity contribution in [2.45, 2.75) is 6.42 Å². The maximum atomic E-state index is 12.3. The van der Waals surface area contributed by atoms with Gasteiger partial charge in [0.25, 0.3) is 5.91 Å². The minimum atomic E-state index is 0.104. The Morgan fingerprint density at radius 1 is 1.55 bits per heavy atom. The van der Waals surface area contributed by atoms with Crippen LogP contribution in [-0.2, 0) is 11.8 Å². The van der Waals surface area contributed by atoms with E-state index in [-0.39, 0.29) is 5.91 Å². The zero-order chi connectivity index (χ0) is 14.5. The highest BCUT2D eigenvalue weighted by Crippen LogP contribution is 2.17. The predicted octanol–water partition coefficient (Wildman–Crippen LogP) is 1.07. The fourth-order valence-electron chi connectivity index (χ4n) is 2.83. The number of amides is 1. The van der Waals surface area contributed by atoms with Crippen LogP contribution in [0.25, 0.3) is 0 Å². The summed E-state index contributed by atoms with van der Waals surface area (Å²) in [5.41, 5.74) is 0.752. The van der Waals surface area contributed by atoms with Crippen molar-refractivity contribution in [2.75, 3.05) is 46.9 Å². The molecule has 2 heterocycles. The first-order chi connectivity index (χ1) is 9.61. The van der Waals surface area contributed by atoms with E-state index in [1.54, 1.807) is 7.11 Å². The van der Waals surface area contributed by atoms with Gasteiger partial charge in [0.2, 0.25) is 0 Å². The number of methoxy groups -OCH3 is 1. The first-order valence-electron chi connectivity index (χ1n) is 7.20. The Kier molecular flexibility index (Phi) is 5.20. The molecular weight excluding hydrogens is 254 g/mol. The van der Waals surface area contributed by atoms with Crippen molar-refractivity contribution in [2.24, 2.45) is 13.0 Å². The van der Waals surface area contributed by atoms with Crippen LogP contribution in [0, 0.1) is 5.92 Å². The molecule has 112 valence electrons. The van der Waals surface area contributed by atoms with Gasteiger partial charge in [-0.05, 0) is 31.0 Å². The Balaban J connectivity index is 1.82. The molecule has 1 aliphatic heterocycles. The lowest BCUT2D eigenvalue weighted by Crippen LogP contribution is -2.34. The van der Waals surface area contributed by atoms with Crippen LogP contribution >= 0.6 is 0 Å². The fourth-order valence-corrected chi connectivity index (χ4v) is 2.83. The Hall–Kier alpha value is -1.33. The second-order valence-electron chi connectivity index (χ2n) is 5.64. The molecule has 0 N–H and O–H groups in total. The summed E-state index contributed by atoms with van der Waals surface area (Å²) in [5, 5.41) is 0. The van der Waals surface area contributed by atoms with Gasteiger partial charge < -0.3 is 19.1 Å². The van der Waals surface area contributed by atoms with E-state index < -0.39 is 0 Å². The van der Waals surface area contributed by atoms with Crippen molar-refractivity contribution in [1.29, 1.82) is 0 Å². The summed E-state index contributed by atoms with van der Waals surface area (Å²) in [7, 11) is 5.54. The Morgan fingerprint density at radius 2 is 2.35 bits per heavy atom. The molecular formula is C15H25N3O2. The first kappa shape index (κ1) is 15.1. The fraction of sp³-hybridized carbons (Fsp3) is 0.667. The number of aryl methyl sites for hydroxylation is 1. The van der Waals surface area contributed by atoms with Gasteiger partial charge in [0, 0.05) is 47.0 Å². The average molecular weight is 279 g/mol. The van der Waals surface area contributed by atoms with Gasteiger partial charge in [0.15, 0.2) is 0 Å². The number of carbonyl (C=O) groups excluding carboxylic acids is 1. The summed E-state index contributed by atoms with van der Waals surface area (Å²) in [4.78, 5) is 16.6. The van der Waals surface area contributed by atoms with Crippen molar-refractivity contribution >= 4 is 5.91 Å². The zero-order valence-electron chi connectivity index (χ0n) is 12.7. The molecule has 20 heavy (non-hydrogen) atoms. The third-order valence-corrected chi connectivity index (χ3v) is 4.02. The van der Waals surface area contributed by atoms with Gasteiger partial charge in [0.1, 0.15) is 5.69 Å². The van der Waals surface area contributed by atoms with Crippen molar-refractivity contribution in [3.05, 3.63) is 24.0 Å². The van der Waals surface area contributed by atoms with Crippen molar-refractivity contribution in [3.63, 3.8) is 0 Å². The maximum Gasteiger partial charge on any atom is 0.270 e. The summed E-state index contributed by atoms with van der Waals surface area (Å²) < 4.78 is 6.98. The second-order valence-corrected chi connectivity index (χ2v) is 5.64. The first-order valence-corrected chi connectivity index (χ1v) is 7.20. The molecule has 1 saturated heterocycles. The number of hydrogen-bond donors (Lipinski definition) is 0. The molecule has 0 aromatic carbocycles. The van der Waals surface area contributed by atoms with Crippen LogP contribution < -0.4 is 0 Å². The van der Waals surface area contributed by atoms with E-state index in [1.165, 1.54) is 0 Å². The molecule has 0 radical (unpaired) electrons. The molecule has 0 spiro atoms. The van der Waals surface area contributed by atoms with Crippen LogP contribution in [0.5, 0.6) is 0 Å². The molecule has 0 aliphatic carbocycles. The number of nitrogens with zero attached hydrogens (tertiary/aromatic N) is 3. The van der Waals surface area contributed by atoms with Crippen molar-refractivity contribution in [3.8, 4) is 0 Å². The quantitative estimate of drug-likeness (QED) is 0.781. The van der Waals surface area contributed by atoms with Crippen LogP contribution in [0.15, 0.2) is 18.3 Å². The molecule has 2 rings (SSSR count). The minimum Gasteiger partial charge on any atom is -0.383 e. The van der Waals surface area contributed by atoms with Crippen LogP contribution in [0.4, 0.5) is 0 Å². The Bertz CT molecular complexity index is 444. The lowest BCUT2D eigenvalue weighted by Gasteiger charge is -2.22. The number of aromatic nitrogens is 1. The third-order valence-electron chi connectivity index (χ3n) is 4.02. The van der Waals surface area contributed by atoms with Crippen LogP contribution in [0.1, 0.15) is 16.9 Å². The summed E-state index contributed by atoms with van der Waals surface area (Å²) in [6, 6.07) is 3.78. The molecule has 0 bridgehead atoms. The number of likely N-dealkylation sites (tertiary alicyclic amines) is 1. The summed E-state index contributed by atoms with van der Waals surface area (Å²) in [6.07, 6.45) is 3.07. The van der Waals surface area contributed by atoms with Gasteiger partial charge in [0.05, 0.1) is 6.61 Å². The highest BCUT2D eigenvalue weighted by atomic mass is 16.5. The molecule has 1 atom stereocenters. The van der Waals surface area contributed by atoms with Gasteiger partial charge in [-0.1, -0.05) is 0 Å². The van der Waals surface area contributed by atoms with Crippen molar-refractivity contribution in [1.82, 2.24) is 14.4 Å². The number of hydrogen-bond acceptors (Lipinski definition) is 3. The number of ether oxygens (including phenoxy) is 1. The monoisotopic (exact) mass is 279 g/mol.